The number of aliphatic hydroxyl groups excluding tert-OH is 17. The highest BCUT2D eigenvalue weighted by atomic mass is 16.8. The van der Waals surface area contributed by atoms with Crippen LogP contribution in [-0.2, 0) is 47.4 Å². The van der Waals surface area contributed by atoms with Gasteiger partial charge in [-0.15, -0.1) is 0 Å². The predicted octanol–water partition coefficient (Wildman–Crippen LogP) is -4.38. The molecular formula is C60H102O28. The maximum atomic E-state index is 11.8. The standard InChI is InChI=1S/C60H102O28/c1-24(9-13-35(57(4,5)78)86-55-50(88-54-47(76)42(71)38(67)30(21-63)82-54)43(72)39(68)32(84-55)23-79-51-45(74)40(69)36(65)28(19-61)80-51)25-15-16-60(8)33-12-10-26-27(58(33,6)17-18-59(25,60)7)11-14-34(56(26,2)3)85-52-48(77)44(73)49(31(22-64)83-52)87-53-46(75)41(70)37(66)29(20-62)81-53/h10,24-25,27-55,61-78H,9,11-23H2,1-8H3/t24-,25-,27?,28?,29?,30?,31?,32?,33?,34+,35?,36?,37?,38?,39?,40?,41?,42?,43?,44?,45?,46?,47?,48?,49?,50?,51?,52?,53?,54?,55?,58+,59-,60+/m1/s1. The summed E-state index contributed by atoms with van der Waals surface area (Å²) in [5, 5.41) is 193. The highest BCUT2D eigenvalue weighted by Gasteiger charge is 2.68. The second kappa shape index (κ2) is 27.4. The quantitative estimate of drug-likeness (QED) is 0.0512. The van der Waals surface area contributed by atoms with Crippen LogP contribution in [0.3, 0.4) is 0 Å². The van der Waals surface area contributed by atoms with Crippen molar-refractivity contribution in [2.45, 2.75) is 285 Å². The zero-order valence-corrected chi connectivity index (χ0v) is 51.5. The molecule has 8 fully saturated rings. The zero-order chi connectivity index (χ0) is 64.7. The van der Waals surface area contributed by atoms with Gasteiger partial charge in [0.25, 0.3) is 0 Å². The number of rotatable bonds is 20. The summed E-state index contributed by atoms with van der Waals surface area (Å²) in [5.41, 5.74) is -1.21. The fourth-order valence-corrected chi connectivity index (χ4v) is 17.1. The minimum atomic E-state index is -1.93. The molecule has 28 heteroatoms. The van der Waals surface area contributed by atoms with E-state index in [1.807, 2.05) is 0 Å². The molecule has 9 aliphatic rings. The Bertz CT molecular complexity index is 2310. The van der Waals surface area contributed by atoms with Crippen molar-refractivity contribution < 1.29 is 139 Å². The third kappa shape index (κ3) is 12.8. The van der Waals surface area contributed by atoms with Gasteiger partial charge in [0.1, 0.15) is 122 Å². The highest BCUT2D eigenvalue weighted by Crippen LogP contribution is 2.75. The Morgan fingerprint density at radius 1 is 0.500 bits per heavy atom. The summed E-state index contributed by atoms with van der Waals surface area (Å²) in [5.74, 6) is 0.828. The van der Waals surface area contributed by atoms with Gasteiger partial charge >= 0.3 is 0 Å². The predicted molar refractivity (Wildman–Crippen MR) is 299 cm³/mol. The van der Waals surface area contributed by atoms with Gasteiger partial charge in [0.2, 0.25) is 0 Å². The molecule has 0 amide bonds. The fraction of sp³-hybridized carbons (Fsp3) is 0.967. The Morgan fingerprint density at radius 3 is 1.51 bits per heavy atom. The lowest BCUT2D eigenvalue weighted by molar-refractivity contribution is -0.380. The molecule has 510 valence electrons. The minimum Gasteiger partial charge on any atom is -0.394 e. The number of hydrogen-bond donors (Lipinski definition) is 18. The van der Waals surface area contributed by atoms with Crippen molar-refractivity contribution in [2.24, 2.45) is 45.3 Å². The van der Waals surface area contributed by atoms with E-state index in [2.05, 4.69) is 47.6 Å². The van der Waals surface area contributed by atoms with Crippen molar-refractivity contribution in [1.82, 2.24) is 0 Å². The molecule has 28 unspecified atom stereocenters. The molecule has 0 radical (unpaired) electrons. The first-order chi connectivity index (χ1) is 41.2. The fourth-order valence-electron chi connectivity index (χ4n) is 17.1. The van der Waals surface area contributed by atoms with Crippen LogP contribution >= 0.6 is 0 Å². The van der Waals surface area contributed by atoms with Crippen molar-refractivity contribution in [3.63, 3.8) is 0 Å². The van der Waals surface area contributed by atoms with Gasteiger partial charge in [0.05, 0.1) is 50.8 Å². The smallest absolute Gasteiger partial charge is 0.187 e. The van der Waals surface area contributed by atoms with Crippen LogP contribution in [0.15, 0.2) is 11.6 Å². The maximum absolute atomic E-state index is 11.8. The van der Waals surface area contributed by atoms with Crippen LogP contribution in [-0.4, -0.2) is 296 Å². The third-order valence-corrected chi connectivity index (χ3v) is 22.8. The molecule has 0 aromatic carbocycles. The summed E-state index contributed by atoms with van der Waals surface area (Å²) in [7, 11) is 0. The van der Waals surface area contributed by atoms with Gasteiger partial charge in [-0.2, -0.15) is 0 Å². The average Bonchev–Trinajstić information content (AvgIpc) is 1.34. The maximum Gasteiger partial charge on any atom is 0.187 e. The Kier molecular flexibility index (Phi) is 22.1. The number of fused-ring (bicyclic) bond motifs is 5. The van der Waals surface area contributed by atoms with Crippen LogP contribution in [0.1, 0.15) is 113 Å². The number of hydrogen-bond acceptors (Lipinski definition) is 28. The number of allylic oxidation sites excluding steroid dienone is 1. The molecule has 88 heavy (non-hydrogen) atoms. The molecule has 5 aliphatic heterocycles. The summed E-state index contributed by atoms with van der Waals surface area (Å²) in [6.45, 7) is 13.2. The number of aliphatic hydroxyl groups is 18. The Balaban J connectivity index is 0.872. The topological polar surface area (TPSA) is 456 Å². The van der Waals surface area contributed by atoms with Gasteiger partial charge in [0, 0.05) is 5.41 Å². The van der Waals surface area contributed by atoms with Gasteiger partial charge in [-0.25, -0.2) is 0 Å². The van der Waals surface area contributed by atoms with Crippen LogP contribution in [0.2, 0.25) is 0 Å². The first-order valence-electron chi connectivity index (χ1n) is 31.5. The van der Waals surface area contributed by atoms with E-state index >= 15 is 0 Å². The monoisotopic (exact) mass is 1270 g/mol. The van der Waals surface area contributed by atoms with Crippen molar-refractivity contribution in [3.05, 3.63) is 11.6 Å². The molecule has 18 N–H and O–H groups in total. The van der Waals surface area contributed by atoms with E-state index in [4.69, 9.17) is 47.4 Å². The third-order valence-electron chi connectivity index (χ3n) is 22.8. The highest BCUT2D eigenvalue weighted by molar-refractivity contribution is 5.30. The molecule has 4 aliphatic carbocycles. The number of ether oxygens (including phenoxy) is 10. The van der Waals surface area contributed by atoms with Crippen molar-refractivity contribution in [3.8, 4) is 0 Å². The van der Waals surface area contributed by atoms with Crippen molar-refractivity contribution in [1.29, 1.82) is 0 Å². The normalized spacial score (nSPS) is 51.4. The molecule has 9 rings (SSSR count). The van der Waals surface area contributed by atoms with Gasteiger partial charge in [0.15, 0.2) is 31.5 Å². The van der Waals surface area contributed by atoms with E-state index in [-0.39, 0.29) is 40.4 Å². The minimum absolute atomic E-state index is 0.0854. The molecule has 0 bridgehead atoms. The lowest BCUT2D eigenvalue weighted by Crippen LogP contribution is -2.65. The first-order valence-corrected chi connectivity index (χ1v) is 31.5. The van der Waals surface area contributed by atoms with Gasteiger partial charge in [-0.1, -0.05) is 53.2 Å². The summed E-state index contributed by atoms with van der Waals surface area (Å²) in [6.07, 6.45) is -33.8. The zero-order valence-electron chi connectivity index (χ0n) is 51.5. The van der Waals surface area contributed by atoms with Gasteiger partial charge in [-0.05, 0) is 112 Å². The Labute approximate surface area is 512 Å². The van der Waals surface area contributed by atoms with Crippen LogP contribution < -0.4 is 0 Å². The van der Waals surface area contributed by atoms with Crippen LogP contribution in [0.25, 0.3) is 0 Å². The lowest BCUT2D eigenvalue weighted by Gasteiger charge is -2.66. The molecule has 28 nitrogen and oxygen atoms in total. The first kappa shape index (κ1) is 70.9. The average molecular weight is 1270 g/mol. The summed E-state index contributed by atoms with van der Waals surface area (Å²) >= 11 is 0. The summed E-state index contributed by atoms with van der Waals surface area (Å²) in [4.78, 5) is 0. The van der Waals surface area contributed by atoms with E-state index in [0.29, 0.717) is 18.8 Å². The molecular weight excluding hydrogens is 1170 g/mol. The summed E-state index contributed by atoms with van der Waals surface area (Å²) in [6, 6.07) is 0. The molecule has 0 aromatic rings. The van der Waals surface area contributed by atoms with Crippen LogP contribution in [0.5, 0.6) is 0 Å². The lowest BCUT2D eigenvalue weighted by atomic mass is 9.39. The second-order valence-corrected chi connectivity index (χ2v) is 28.6. The van der Waals surface area contributed by atoms with Crippen molar-refractivity contribution >= 4 is 0 Å². The second-order valence-electron chi connectivity index (χ2n) is 28.6. The Hall–Kier alpha value is -1.38. The van der Waals surface area contributed by atoms with E-state index < -0.39 is 210 Å². The van der Waals surface area contributed by atoms with E-state index in [1.165, 1.54) is 5.57 Å². The van der Waals surface area contributed by atoms with Crippen LogP contribution in [0, 0.1) is 45.3 Å². The van der Waals surface area contributed by atoms with Crippen molar-refractivity contribution in [2.75, 3.05) is 33.0 Å². The molecule has 5 heterocycles. The largest absolute Gasteiger partial charge is 0.394 e. The molecule has 3 saturated carbocycles. The van der Waals surface area contributed by atoms with Gasteiger partial charge in [-0.3, -0.25) is 0 Å². The van der Waals surface area contributed by atoms with E-state index in [1.54, 1.807) is 13.8 Å². The summed E-state index contributed by atoms with van der Waals surface area (Å²) < 4.78 is 59.7. The SMILES string of the molecule is C[C@H](CCC(OC1OC(COC2OC(CO)C(O)C(O)C2O)C(O)C(O)C1OC1OC(CO)C(O)C(O)C1O)C(C)(C)O)[C@H]1CC[C@@]2(C)C3CC=C4C(CC[C@H](OC5OC(CO)C(OC6OC(CO)C(O)C(O)C6O)C(O)C5O)C4(C)C)[C@]3(C)CC[C@]12C. The molecule has 0 spiro atoms. The molecule has 34 atom stereocenters. The Morgan fingerprint density at radius 2 is 0.966 bits per heavy atom. The molecule has 0 aromatic heterocycles. The van der Waals surface area contributed by atoms with Crippen LogP contribution in [0.4, 0.5) is 0 Å². The van der Waals surface area contributed by atoms with E-state index in [9.17, 15) is 91.9 Å². The van der Waals surface area contributed by atoms with E-state index in [0.717, 1.165) is 38.5 Å². The molecule has 5 saturated heterocycles. The van der Waals surface area contributed by atoms with Gasteiger partial charge < -0.3 is 139 Å².